The molecule has 0 saturated heterocycles. The van der Waals surface area contributed by atoms with Gasteiger partial charge in [0.25, 0.3) is 0 Å². The molecule has 0 saturated carbocycles. The summed E-state index contributed by atoms with van der Waals surface area (Å²) in [5, 5.41) is 10.8. The fourth-order valence-electron chi connectivity index (χ4n) is 2.41. The normalized spacial score (nSPS) is 10.9. The molecule has 0 aliphatic carbocycles. The third-order valence-electron chi connectivity index (χ3n) is 3.88. The molecule has 0 spiro atoms. The number of nitrogens with one attached hydrogen (secondary N) is 2. The minimum Gasteiger partial charge on any atom is -0.352 e. The van der Waals surface area contributed by atoms with Gasteiger partial charge < -0.3 is 10.6 Å². The van der Waals surface area contributed by atoms with E-state index < -0.39 is 0 Å². The number of rotatable bonds is 5. The molecule has 0 atom stereocenters. The van der Waals surface area contributed by atoms with Crippen LogP contribution in [-0.2, 0) is 13.1 Å². The van der Waals surface area contributed by atoms with E-state index in [1.165, 1.54) is 23.0 Å². The quantitative estimate of drug-likeness (QED) is 0.348. The van der Waals surface area contributed by atoms with Crippen LogP contribution in [0, 0.1) is 6.92 Å². The van der Waals surface area contributed by atoms with Crippen molar-refractivity contribution < 1.29 is 0 Å². The van der Waals surface area contributed by atoms with Crippen molar-refractivity contribution in [2.45, 2.75) is 20.0 Å². The number of nitrogens with zero attached hydrogens (tertiary/aromatic N) is 4. The lowest BCUT2D eigenvalue weighted by Gasteiger charge is -2.12. The first-order chi connectivity index (χ1) is 12.2. The Labute approximate surface area is 170 Å². The number of hydrogen-bond donors (Lipinski definition) is 2. The standard InChI is InChI=1S/C19H22N6.HI/c1-15-3-5-16(6-4-15)11-22-19(20-2)23-12-17-7-9-18(10-8-17)25-14-21-13-24-25;/h3-10,13-14H,11-12H2,1-2H3,(H2,20,22,23);1H. The van der Waals surface area contributed by atoms with Crippen molar-refractivity contribution >= 4 is 29.9 Å². The first kappa shape index (κ1) is 19.9. The summed E-state index contributed by atoms with van der Waals surface area (Å²) in [5.41, 5.74) is 4.65. The number of aryl methyl sites for hydroxylation is 1. The van der Waals surface area contributed by atoms with E-state index in [9.17, 15) is 0 Å². The maximum absolute atomic E-state index is 4.27. The molecule has 3 aromatic rings. The van der Waals surface area contributed by atoms with E-state index in [4.69, 9.17) is 0 Å². The first-order valence-electron chi connectivity index (χ1n) is 8.18. The van der Waals surface area contributed by atoms with E-state index in [0.717, 1.165) is 18.2 Å². The molecule has 0 fully saturated rings. The zero-order valence-electron chi connectivity index (χ0n) is 14.9. The predicted molar refractivity (Wildman–Crippen MR) is 115 cm³/mol. The molecule has 1 heterocycles. The fraction of sp³-hybridized carbons (Fsp3) is 0.211. The van der Waals surface area contributed by atoms with E-state index in [1.807, 2.05) is 12.1 Å². The Bertz CT molecular complexity index is 810. The van der Waals surface area contributed by atoms with Crippen LogP contribution < -0.4 is 10.6 Å². The van der Waals surface area contributed by atoms with E-state index >= 15 is 0 Å². The Hall–Kier alpha value is -2.42. The van der Waals surface area contributed by atoms with Crippen LogP contribution in [0.25, 0.3) is 5.69 Å². The highest BCUT2D eigenvalue weighted by Gasteiger charge is 2.01. The maximum atomic E-state index is 4.27. The van der Waals surface area contributed by atoms with Crippen LogP contribution in [0.2, 0.25) is 0 Å². The molecule has 1 aromatic heterocycles. The van der Waals surface area contributed by atoms with Gasteiger partial charge in [0.2, 0.25) is 0 Å². The molecule has 3 rings (SSSR count). The molecule has 0 aliphatic rings. The van der Waals surface area contributed by atoms with Crippen molar-refractivity contribution in [2.24, 2.45) is 4.99 Å². The van der Waals surface area contributed by atoms with Gasteiger partial charge in [-0.25, -0.2) is 9.67 Å². The van der Waals surface area contributed by atoms with Gasteiger partial charge in [0.15, 0.2) is 5.96 Å². The van der Waals surface area contributed by atoms with Gasteiger partial charge in [0.05, 0.1) is 5.69 Å². The summed E-state index contributed by atoms with van der Waals surface area (Å²) in [6, 6.07) is 16.7. The van der Waals surface area contributed by atoms with E-state index in [0.29, 0.717) is 6.54 Å². The van der Waals surface area contributed by atoms with Crippen molar-refractivity contribution in [3.8, 4) is 5.69 Å². The van der Waals surface area contributed by atoms with Crippen LogP contribution in [0.1, 0.15) is 16.7 Å². The Kier molecular flexibility index (Phi) is 7.58. The number of aromatic nitrogens is 3. The summed E-state index contributed by atoms with van der Waals surface area (Å²) in [4.78, 5) is 8.22. The predicted octanol–water partition coefficient (Wildman–Crippen LogP) is 3.06. The van der Waals surface area contributed by atoms with Crippen LogP contribution in [-0.4, -0.2) is 27.8 Å². The summed E-state index contributed by atoms with van der Waals surface area (Å²) in [5.74, 6) is 0.779. The summed E-state index contributed by atoms with van der Waals surface area (Å²) < 4.78 is 1.74. The van der Waals surface area contributed by atoms with Gasteiger partial charge in [-0.1, -0.05) is 42.0 Å². The first-order valence-corrected chi connectivity index (χ1v) is 8.18. The van der Waals surface area contributed by atoms with Gasteiger partial charge in [0, 0.05) is 20.1 Å². The largest absolute Gasteiger partial charge is 0.352 e. The SMILES string of the molecule is CN=C(NCc1ccc(C)cc1)NCc1ccc(-n2cncn2)cc1.I. The van der Waals surface area contributed by atoms with Crippen molar-refractivity contribution in [2.75, 3.05) is 7.05 Å². The second kappa shape index (κ2) is 9.91. The fourth-order valence-corrected chi connectivity index (χ4v) is 2.41. The highest BCUT2D eigenvalue weighted by atomic mass is 127. The molecular formula is C19H23IN6. The minimum atomic E-state index is 0. The molecule has 2 N–H and O–H groups in total. The van der Waals surface area contributed by atoms with Crippen LogP contribution in [0.4, 0.5) is 0 Å². The summed E-state index contributed by atoms with van der Waals surface area (Å²) in [6.45, 7) is 3.53. The smallest absolute Gasteiger partial charge is 0.191 e. The Morgan fingerprint density at radius 1 is 0.962 bits per heavy atom. The van der Waals surface area contributed by atoms with E-state index in [2.05, 4.69) is 69.0 Å². The maximum Gasteiger partial charge on any atom is 0.191 e. The molecule has 0 aliphatic heterocycles. The van der Waals surface area contributed by atoms with Gasteiger partial charge in [-0.15, -0.1) is 24.0 Å². The molecule has 7 heteroatoms. The molecule has 26 heavy (non-hydrogen) atoms. The number of benzene rings is 2. The number of hydrogen-bond acceptors (Lipinski definition) is 3. The minimum absolute atomic E-state index is 0. The third-order valence-corrected chi connectivity index (χ3v) is 3.88. The lowest BCUT2D eigenvalue weighted by molar-refractivity contribution is 0.807. The summed E-state index contributed by atoms with van der Waals surface area (Å²) in [6.07, 6.45) is 3.21. The second-order valence-corrected chi connectivity index (χ2v) is 5.77. The molecule has 0 radical (unpaired) electrons. The molecular weight excluding hydrogens is 439 g/mol. The molecule has 2 aromatic carbocycles. The van der Waals surface area contributed by atoms with Crippen LogP contribution in [0.3, 0.4) is 0 Å². The average Bonchev–Trinajstić information content (AvgIpc) is 3.18. The van der Waals surface area contributed by atoms with Crippen LogP contribution in [0.5, 0.6) is 0 Å². The zero-order chi connectivity index (χ0) is 17.5. The van der Waals surface area contributed by atoms with Crippen LogP contribution >= 0.6 is 24.0 Å². The van der Waals surface area contributed by atoms with E-state index in [-0.39, 0.29) is 24.0 Å². The Morgan fingerprint density at radius 2 is 1.54 bits per heavy atom. The molecule has 0 unspecified atom stereocenters. The molecule has 0 bridgehead atoms. The van der Waals surface area contributed by atoms with E-state index in [1.54, 1.807) is 18.1 Å². The topological polar surface area (TPSA) is 67.1 Å². The molecule has 6 nitrogen and oxygen atoms in total. The van der Waals surface area contributed by atoms with Crippen molar-refractivity contribution in [1.29, 1.82) is 0 Å². The highest BCUT2D eigenvalue weighted by Crippen LogP contribution is 2.08. The lowest BCUT2D eigenvalue weighted by atomic mass is 10.1. The highest BCUT2D eigenvalue weighted by molar-refractivity contribution is 14.0. The van der Waals surface area contributed by atoms with Gasteiger partial charge in [-0.05, 0) is 30.2 Å². The van der Waals surface area contributed by atoms with Crippen molar-refractivity contribution in [3.63, 3.8) is 0 Å². The average molecular weight is 462 g/mol. The number of halogens is 1. The number of aliphatic imine (C=N–C) groups is 1. The lowest BCUT2D eigenvalue weighted by Crippen LogP contribution is -2.36. The van der Waals surface area contributed by atoms with Gasteiger partial charge in [0.1, 0.15) is 12.7 Å². The second-order valence-electron chi connectivity index (χ2n) is 5.77. The summed E-state index contributed by atoms with van der Waals surface area (Å²) in [7, 11) is 1.78. The zero-order valence-corrected chi connectivity index (χ0v) is 17.2. The van der Waals surface area contributed by atoms with Crippen LogP contribution in [0.15, 0.2) is 66.2 Å². The summed E-state index contributed by atoms with van der Waals surface area (Å²) >= 11 is 0. The molecule has 0 amide bonds. The van der Waals surface area contributed by atoms with Crippen molar-refractivity contribution in [3.05, 3.63) is 77.9 Å². The molecule has 136 valence electrons. The van der Waals surface area contributed by atoms with Gasteiger partial charge in [-0.2, -0.15) is 5.10 Å². The van der Waals surface area contributed by atoms with Gasteiger partial charge in [-0.3, -0.25) is 4.99 Å². The monoisotopic (exact) mass is 462 g/mol. The van der Waals surface area contributed by atoms with Crippen molar-refractivity contribution in [1.82, 2.24) is 25.4 Å². The Morgan fingerprint density at radius 3 is 2.04 bits per heavy atom. The number of guanidine groups is 1. The van der Waals surface area contributed by atoms with Gasteiger partial charge >= 0.3 is 0 Å². The third kappa shape index (κ3) is 5.55. The Balaban J connectivity index is 0.00000243.